The average Bonchev–Trinajstić information content (AvgIpc) is 3.23. The maximum Gasteiger partial charge on any atom is 0.225 e. The van der Waals surface area contributed by atoms with Crippen molar-refractivity contribution in [3.05, 3.63) is 36.5 Å². The van der Waals surface area contributed by atoms with E-state index in [-0.39, 0.29) is 12.3 Å². The Kier molecular flexibility index (Phi) is 6.04. The first kappa shape index (κ1) is 18.2. The second-order valence-corrected chi connectivity index (χ2v) is 6.79. The number of hydrogen-bond acceptors (Lipinski definition) is 4. The standard InChI is InChI=1S/C19H23N3O.CH3NO/c23-19(22-11-3-4-12-22)16-8-13-21(14-9-16)18-17-6-2-1-5-15(17)7-10-20-18;2-1-3/h1-2,5-7,10,16H,3-4,8-9,11-14H2;1H,(H2,2,3). The molecule has 1 aromatic heterocycles. The van der Waals surface area contributed by atoms with E-state index in [2.05, 4.69) is 50.8 Å². The molecule has 6 nitrogen and oxygen atoms in total. The van der Waals surface area contributed by atoms with Crippen molar-refractivity contribution >= 4 is 28.9 Å². The van der Waals surface area contributed by atoms with Gasteiger partial charge in [-0.1, -0.05) is 24.3 Å². The van der Waals surface area contributed by atoms with Crippen LogP contribution in [0.25, 0.3) is 10.8 Å². The molecule has 0 radical (unpaired) electrons. The van der Waals surface area contributed by atoms with Gasteiger partial charge in [-0.25, -0.2) is 4.98 Å². The number of likely N-dealkylation sites (tertiary alicyclic amines) is 1. The molecule has 2 aliphatic heterocycles. The Balaban J connectivity index is 0.000000613. The van der Waals surface area contributed by atoms with Gasteiger partial charge in [-0.05, 0) is 37.1 Å². The summed E-state index contributed by atoms with van der Waals surface area (Å²) in [5.74, 6) is 1.66. The molecule has 26 heavy (non-hydrogen) atoms. The number of anilines is 1. The lowest BCUT2D eigenvalue weighted by Crippen LogP contribution is -2.42. The molecule has 2 N–H and O–H groups in total. The van der Waals surface area contributed by atoms with E-state index in [4.69, 9.17) is 4.79 Å². The summed E-state index contributed by atoms with van der Waals surface area (Å²) in [7, 11) is 0. The van der Waals surface area contributed by atoms with Crippen molar-refractivity contribution in [2.24, 2.45) is 11.7 Å². The molecule has 4 rings (SSSR count). The second kappa shape index (κ2) is 8.65. The Bertz CT molecular complexity index is 745. The fraction of sp³-hybridized carbons (Fsp3) is 0.450. The van der Waals surface area contributed by atoms with Gasteiger partial charge in [0.2, 0.25) is 12.3 Å². The molecular formula is C20H26N4O2. The monoisotopic (exact) mass is 354 g/mol. The quantitative estimate of drug-likeness (QED) is 0.838. The fourth-order valence-corrected chi connectivity index (χ4v) is 3.89. The number of fused-ring (bicyclic) bond motifs is 1. The van der Waals surface area contributed by atoms with Crippen molar-refractivity contribution in [3.63, 3.8) is 0 Å². The van der Waals surface area contributed by atoms with Crippen LogP contribution >= 0.6 is 0 Å². The summed E-state index contributed by atoms with van der Waals surface area (Å²) < 4.78 is 0. The number of aromatic nitrogens is 1. The van der Waals surface area contributed by atoms with Crippen LogP contribution < -0.4 is 10.6 Å². The first-order chi connectivity index (χ1) is 12.7. The minimum Gasteiger partial charge on any atom is -0.372 e. The van der Waals surface area contributed by atoms with Crippen LogP contribution in [0.1, 0.15) is 25.7 Å². The molecule has 0 spiro atoms. The van der Waals surface area contributed by atoms with Crippen LogP contribution in [0.4, 0.5) is 5.82 Å². The number of primary amides is 1. The summed E-state index contributed by atoms with van der Waals surface area (Å²) in [5.41, 5.74) is 4.17. The van der Waals surface area contributed by atoms with E-state index in [0.717, 1.165) is 44.8 Å². The normalized spacial score (nSPS) is 17.7. The predicted molar refractivity (Wildman–Crippen MR) is 103 cm³/mol. The van der Waals surface area contributed by atoms with Gasteiger partial charge in [-0.3, -0.25) is 9.59 Å². The molecule has 0 atom stereocenters. The highest BCUT2D eigenvalue weighted by Gasteiger charge is 2.30. The largest absolute Gasteiger partial charge is 0.372 e. The molecule has 2 aliphatic rings. The summed E-state index contributed by atoms with van der Waals surface area (Å²) in [6.07, 6.45) is 6.37. The highest BCUT2D eigenvalue weighted by Crippen LogP contribution is 2.29. The minimum atomic E-state index is 0.208. The molecular weight excluding hydrogens is 328 g/mol. The number of rotatable bonds is 2. The minimum absolute atomic E-state index is 0.208. The fourth-order valence-electron chi connectivity index (χ4n) is 3.89. The van der Waals surface area contributed by atoms with Crippen LogP contribution in [-0.2, 0) is 9.59 Å². The Morgan fingerprint density at radius 1 is 1.08 bits per heavy atom. The zero-order valence-corrected chi connectivity index (χ0v) is 15.0. The third kappa shape index (κ3) is 3.95. The van der Waals surface area contributed by atoms with Gasteiger partial charge in [-0.2, -0.15) is 0 Å². The van der Waals surface area contributed by atoms with Crippen LogP contribution in [0, 0.1) is 5.92 Å². The van der Waals surface area contributed by atoms with E-state index in [9.17, 15) is 4.79 Å². The summed E-state index contributed by atoms with van der Waals surface area (Å²) in [5, 5.41) is 2.44. The van der Waals surface area contributed by atoms with Gasteiger partial charge in [0.25, 0.3) is 0 Å². The number of benzene rings is 1. The summed E-state index contributed by atoms with van der Waals surface area (Å²) >= 11 is 0. The van der Waals surface area contributed by atoms with Gasteiger partial charge >= 0.3 is 0 Å². The molecule has 1 aromatic carbocycles. The summed E-state index contributed by atoms with van der Waals surface area (Å²) in [6.45, 7) is 3.77. The van der Waals surface area contributed by atoms with Crippen molar-refractivity contribution < 1.29 is 9.59 Å². The first-order valence-electron chi connectivity index (χ1n) is 9.27. The molecule has 6 heteroatoms. The van der Waals surface area contributed by atoms with Gasteiger partial charge in [-0.15, -0.1) is 0 Å². The van der Waals surface area contributed by atoms with Crippen molar-refractivity contribution in [2.45, 2.75) is 25.7 Å². The molecule has 0 unspecified atom stereocenters. The topological polar surface area (TPSA) is 79.5 Å². The molecule has 0 saturated carbocycles. The van der Waals surface area contributed by atoms with Gasteiger partial charge in [0.1, 0.15) is 5.82 Å². The highest BCUT2D eigenvalue weighted by atomic mass is 16.2. The van der Waals surface area contributed by atoms with Crippen molar-refractivity contribution in [3.8, 4) is 0 Å². The third-order valence-electron chi connectivity index (χ3n) is 5.21. The predicted octanol–water partition coefficient (Wildman–Crippen LogP) is 2.18. The van der Waals surface area contributed by atoms with E-state index < -0.39 is 0 Å². The molecule has 2 amide bonds. The molecule has 138 valence electrons. The highest BCUT2D eigenvalue weighted by molar-refractivity contribution is 5.92. The smallest absolute Gasteiger partial charge is 0.225 e. The van der Waals surface area contributed by atoms with Gasteiger partial charge in [0, 0.05) is 43.7 Å². The molecule has 2 aromatic rings. The van der Waals surface area contributed by atoms with E-state index in [1.807, 2.05) is 6.20 Å². The van der Waals surface area contributed by atoms with Crippen LogP contribution in [0.15, 0.2) is 36.5 Å². The lowest BCUT2D eigenvalue weighted by Gasteiger charge is -2.34. The van der Waals surface area contributed by atoms with Crippen LogP contribution in [-0.4, -0.2) is 48.4 Å². The van der Waals surface area contributed by atoms with Crippen LogP contribution in [0.5, 0.6) is 0 Å². The molecule has 0 bridgehead atoms. The number of nitrogens with zero attached hydrogens (tertiary/aromatic N) is 3. The number of carbonyl (C=O) groups excluding carboxylic acids is 2. The number of pyridine rings is 1. The van der Waals surface area contributed by atoms with E-state index in [1.54, 1.807) is 0 Å². The van der Waals surface area contributed by atoms with Gasteiger partial charge < -0.3 is 15.5 Å². The Labute approximate surface area is 154 Å². The SMILES string of the molecule is NC=O.O=C(C1CCN(c2nccc3ccccc23)CC1)N1CCCC1. The number of amides is 2. The van der Waals surface area contributed by atoms with Crippen molar-refractivity contribution in [1.29, 1.82) is 0 Å². The van der Waals surface area contributed by atoms with Gasteiger partial charge in [0.05, 0.1) is 0 Å². The average molecular weight is 354 g/mol. The van der Waals surface area contributed by atoms with Crippen LogP contribution in [0.3, 0.4) is 0 Å². The maximum absolute atomic E-state index is 12.5. The molecule has 2 fully saturated rings. The third-order valence-corrected chi connectivity index (χ3v) is 5.21. The van der Waals surface area contributed by atoms with E-state index in [0.29, 0.717) is 5.91 Å². The van der Waals surface area contributed by atoms with Crippen molar-refractivity contribution in [2.75, 3.05) is 31.1 Å². The number of hydrogen-bond donors (Lipinski definition) is 1. The zero-order valence-electron chi connectivity index (χ0n) is 15.0. The number of carbonyl (C=O) groups is 2. The van der Waals surface area contributed by atoms with Crippen LogP contribution in [0.2, 0.25) is 0 Å². The first-order valence-corrected chi connectivity index (χ1v) is 9.27. The molecule has 0 aliphatic carbocycles. The Morgan fingerprint density at radius 2 is 1.73 bits per heavy atom. The van der Waals surface area contributed by atoms with E-state index in [1.165, 1.54) is 23.6 Å². The Hall–Kier alpha value is -2.63. The van der Waals surface area contributed by atoms with Gasteiger partial charge in [0.15, 0.2) is 0 Å². The van der Waals surface area contributed by atoms with Crippen molar-refractivity contribution in [1.82, 2.24) is 9.88 Å². The lowest BCUT2D eigenvalue weighted by molar-refractivity contribution is -0.135. The molecule has 3 heterocycles. The summed E-state index contributed by atoms with van der Waals surface area (Å²) in [4.78, 5) is 30.1. The summed E-state index contributed by atoms with van der Waals surface area (Å²) in [6, 6.07) is 10.5. The second-order valence-electron chi connectivity index (χ2n) is 6.79. The maximum atomic E-state index is 12.5. The molecule has 2 saturated heterocycles. The number of piperidine rings is 1. The van der Waals surface area contributed by atoms with E-state index >= 15 is 0 Å². The Morgan fingerprint density at radius 3 is 2.42 bits per heavy atom. The lowest BCUT2D eigenvalue weighted by atomic mass is 9.95. The number of nitrogens with two attached hydrogens (primary N) is 1. The zero-order chi connectivity index (χ0) is 18.4.